The van der Waals surface area contributed by atoms with E-state index in [0.29, 0.717) is 6.17 Å². The molecule has 13 heavy (non-hydrogen) atoms. The topological polar surface area (TPSA) is 36.1 Å². The smallest absolute Gasteiger partial charge is 0.100 e. The molecule has 2 rings (SSSR count). The van der Waals surface area contributed by atoms with Gasteiger partial charge < -0.3 is 10.6 Å². The third kappa shape index (κ3) is 2.49. The number of allylic oxidation sites excluding steroid dienone is 2. The van der Waals surface area contributed by atoms with Crippen molar-refractivity contribution in [2.75, 3.05) is 13.1 Å². The van der Waals surface area contributed by atoms with Crippen molar-refractivity contribution in [3.05, 3.63) is 24.0 Å². The van der Waals surface area contributed by atoms with Crippen LogP contribution in [0.3, 0.4) is 0 Å². The Balaban J connectivity index is 1.82. The van der Waals surface area contributed by atoms with Crippen molar-refractivity contribution < 1.29 is 0 Å². The minimum Gasteiger partial charge on any atom is -0.368 e. The average molecular weight is 179 g/mol. The van der Waals surface area contributed by atoms with Gasteiger partial charge in [0.25, 0.3) is 0 Å². The van der Waals surface area contributed by atoms with E-state index < -0.39 is 0 Å². The number of hydrogen-bond acceptors (Lipinski definition) is 3. The molecule has 1 fully saturated rings. The van der Waals surface area contributed by atoms with Crippen molar-refractivity contribution >= 4 is 0 Å². The van der Waals surface area contributed by atoms with Gasteiger partial charge in [-0.05, 0) is 31.9 Å². The Kier molecular flexibility index (Phi) is 2.87. The summed E-state index contributed by atoms with van der Waals surface area (Å²) >= 11 is 0. The second-order valence-corrected chi connectivity index (χ2v) is 3.54. The molecule has 1 unspecified atom stereocenters. The van der Waals surface area contributed by atoms with E-state index in [2.05, 4.69) is 34.2 Å². The Morgan fingerprint density at radius 1 is 1.38 bits per heavy atom. The molecule has 1 atom stereocenters. The lowest BCUT2D eigenvalue weighted by atomic mass is 10.1. The SMILES string of the molecule is C1=CCNC(NC2CCCCN2)=C1. The average Bonchev–Trinajstić information content (AvgIpc) is 2.21. The molecule has 1 saturated heterocycles. The van der Waals surface area contributed by atoms with Crippen LogP contribution in [-0.4, -0.2) is 19.3 Å². The molecule has 0 aliphatic carbocycles. The molecule has 3 nitrogen and oxygen atoms in total. The Morgan fingerprint density at radius 3 is 3.08 bits per heavy atom. The van der Waals surface area contributed by atoms with E-state index in [1.54, 1.807) is 0 Å². The summed E-state index contributed by atoms with van der Waals surface area (Å²) in [5.41, 5.74) is 0. The van der Waals surface area contributed by atoms with E-state index in [0.717, 1.165) is 18.9 Å². The van der Waals surface area contributed by atoms with Gasteiger partial charge in [0, 0.05) is 6.54 Å². The van der Waals surface area contributed by atoms with Crippen molar-refractivity contribution in [1.82, 2.24) is 16.0 Å². The summed E-state index contributed by atoms with van der Waals surface area (Å²) in [5.74, 6) is 1.14. The molecule has 0 bridgehead atoms. The number of dihydropyridines is 1. The predicted octanol–water partition coefficient (Wildman–Crippen LogP) is 0.676. The molecule has 72 valence electrons. The van der Waals surface area contributed by atoms with Gasteiger partial charge in [0.1, 0.15) is 5.82 Å². The monoisotopic (exact) mass is 179 g/mol. The molecule has 0 aromatic carbocycles. The highest BCUT2D eigenvalue weighted by atomic mass is 15.2. The van der Waals surface area contributed by atoms with Crippen LogP contribution in [0.4, 0.5) is 0 Å². The van der Waals surface area contributed by atoms with Gasteiger partial charge in [-0.1, -0.05) is 12.2 Å². The quantitative estimate of drug-likeness (QED) is 0.583. The third-order valence-corrected chi connectivity index (χ3v) is 2.45. The molecule has 0 aromatic heterocycles. The highest BCUT2D eigenvalue weighted by molar-refractivity contribution is 5.15. The summed E-state index contributed by atoms with van der Waals surface area (Å²) < 4.78 is 0. The standard InChI is InChI=1S/C10H17N3/c1-3-7-11-9(5-1)13-10-6-2-4-8-12-10/h1,3,5,10-13H,2,4,6-8H2. The molecule has 2 heterocycles. The van der Waals surface area contributed by atoms with E-state index in [9.17, 15) is 0 Å². The first-order chi connectivity index (χ1) is 6.45. The highest BCUT2D eigenvalue weighted by Crippen LogP contribution is 2.06. The Bertz CT molecular complexity index is 214. The molecule has 0 amide bonds. The van der Waals surface area contributed by atoms with Gasteiger partial charge in [0.2, 0.25) is 0 Å². The van der Waals surface area contributed by atoms with Crippen LogP contribution in [0.25, 0.3) is 0 Å². The van der Waals surface area contributed by atoms with E-state index >= 15 is 0 Å². The summed E-state index contributed by atoms with van der Waals surface area (Å²) in [5, 5.41) is 10.2. The molecule has 0 spiro atoms. The van der Waals surface area contributed by atoms with E-state index in [1.807, 2.05) is 0 Å². The molecule has 0 aromatic rings. The van der Waals surface area contributed by atoms with Crippen LogP contribution in [-0.2, 0) is 0 Å². The first-order valence-corrected chi connectivity index (χ1v) is 5.06. The van der Waals surface area contributed by atoms with Crippen LogP contribution in [0.15, 0.2) is 24.0 Å². The van der Waals surface area contributed by atoms with Crippen LogP contribution in [0.1, 0.15) is 19.3 Å². The van der Waals surface area contributed by atoms with Gasteiger partial charge in [-0.3, -0.25) is 5.32 Å². The van der Waals surface area contributed by atoms with Crippen LogP contribution in [0, 0.1) is 0 Å². The van der Waals surface area contributed by atoms with Crippen molar-refractivity contribution in [2.45, 2.75) is 25.4 Å². The van der Waals surface area contributed by atoms with Crippen LogP contribution in [0.5, 0.6) is 0 Å². The molecule has 0 radical (unpaired) electrons. The largest absolute Gasteiger partial charge is 0.368 e. The summed E-state index contributed by atoms with van der Waals surface area (Å²) in [4.78, 5) is 0. The Labute approximate surface area is 79.3 Å². The van der Waals surface area contributed by atoms with Crippen molar-refractivity contribution in [1.29, 1.82) is 0 Å². The van der Waals surface area contributed by atoms with E-state index in [1.165, 1.54) is 19.3 Å². The summed E-state index contributed by atoms with van der Waals surface area (Å²) in [7, 11) is 0. The summed E-state index contributed by atoms with van der Waals surface area (Å²) in [6.45, 7) is 2.08. The van der Waals surface area contributed by atoms with Gasteiger partial charge in [-0.25, -0.2) is 0 Å². The van der Waals surface area contributed by atoms with Crippen molar-refractivity contribution in [3.8, 4) is 0 Å². The Morgan fingerprint density at radius 2 is 2.38 bits per heavy atom. The number of piperidine rings is 1. The lowest BCUT2D eigenvalue weighted by Gasteiger charge is -2.27. The molecular formula is C10H17N3. The first-order valence-electron chi connectivity index (χ1n) is 5.06. The fraction of sp³-hybridized carbons (Fsp3) is 0.600. The van der Waals surface area contributed by atoms with E-state index in [-0.39, 0.29) is 0 Å². The normalized spacial score (nSPS) is 27.7. The maximum absolute atomic E-state index is 3.45. The fourth-order valence-corrected chi connectivity index (χ4v) is 1.72. The molecule has 3 N–H and O–H groups in total. The zero-order valence-corrected chi connectivity index (χ0v) is 7.84. The first kappa shape index (κ1) is 8.63. The number of rotatable bonds is 2. The maximum Gasteiger partial charge on any atom is 0.100 e. The summed E-state index contributed by atoms with van der Waals surface area (Å²) in [6.07, 6.45) is 10.6. The van der Waals surface area contributed by atoms with Crippen LogP contribution in [0.2, 0.25) is 0 Å². The van der Waals surface area contributed by atoms with Crippen molar-refractivity contribution in [2.24, 2.45) is 0 Å². The predicted molar refractivity (Wildman–Crippen MR) is 54.0 cm³/mol. The summed E-state index contributed by atoms with van der Waals surface area (Å²) in [6, 6.07) is 0. The van der Waals surface area contributed by atoms with Gasteiger partial charge >= 0.3 is 0 Å². The molecule has 2 aliphatic rings. The minimum absolute atomic E-state index is 0.457. The van der Waals surface area contributed by atoms with Gasteiger partial charge in [-0.15, -0.1) is 0 Å². The lowest BCUT2D eigenvalue weighted by molar-refractivity contribution is 0.359. The van der Waals surface area contributed by atoms with Gasteiger partial charge in [0.15, 0.2) is 0 Å². The zero-order chi connectivity index (χ0) is 8.93. The van der Waals surface area contributed by atoms with Gasteiger partial charge in [-0.2, -0.15) is 0 Å². The Hall–Kier alpha value is -0.960. The maximum atomic E-state index is 3.45. The van der Waals surface area contributed by atoms with Crippen LogP contribution < -0.4 is 16.0 Å². The minimum atomic E-state index is 0.457. The fourth-order valence-electron chi connectivity index (χ4n) is 1.72. The number of nitrogens with one attached hydrogen (secondary N) is 3. The third-order valence-electron chi connectivity index (χ3n) is 2.45. The highest BCUT2D eigenvalue weighted by Gasteiger charge is 2.12. The molecule has 2 aliphatic heterocycles. The number of hydrogen-bond donors (Lipinski definition) is 3. The lowest BCUT2D eigenvalue weighted by Crippen LogP contribution is -2.47. The molecule has 0 saturated carbocycles. The molecular weight excluding hydrogens is 162 g/mol. The van der Waals surface area contributed by atoms with Gasteiger partial charge in [0.05, 0.1) is 6.17 Å². The zero-order valence-electron chi connectivity index (χ0n) is 7.84. The second kappa shape index (κ2) is 4.33. The van der Waals surface area contributed by atoms with Crippen molar-refractivity contribution in [3.63, 3.8) is 0 Å². The van der Waals surface area contributed by atoms with Crippen LogP contribution >= 0.6 is 0 Å². The molecule has 3 heteroatoms. The van der Waals surface area contributed by atoms with E-state index in [4.69, 9.17) is 0 Å². The second-order valence-electron chi connectivity index (χ2n) is 3.54.